The summed E-state index contributed by atoms with van der Waals surface area (Å²) in [4.78, 5) is 2.17. The van der Waals surface area contributed by atoms with Gasteiger partial charge in [-0.1, -0.05) is 5.92 Å². The first kappa shape index (κ1) is 12.5. The van der Waals surface area contributed by atoms with E-state index < -0.39 is 9.84 Å². The number of hydrogen-bond acceptors (Lipinski definition) is 4. The number of sulfone groups is 1. The molecule has 1 heterocycles. The minimum absolute atomic E-state index is 0.294. The fraction of sp³-hybridized carbons (Fsp3) is 0.800. The molecule has 15 heavy (non-hydrogen) atoms. The molecule has 1 N–H and O–H groups in total. The predicted octanol–water partition coefficient (Wildman–Crippen LogP) is -0.670. The Hall–Kier alpha value is -0.570. The molecule has 0 aromatic rings. The lowest BCUT2D eigenvalue weighted by molar-refractivity contribution is 0.296. The predicted molar refractivity (Wildman–Crippen MR) is 61.4 cm³/mol. The highest BCUT2D eigenvalue weighted by atomic mass is 32.2. The zero-order valence-electron chi connectivity index (χ0n) is 8.91. The van der Waals surface area contributed by atoms with E-state index in [1.54, 1.807) is 0 Å². The van der Waals surface area contributed by atoms with E-state index in [-0.39, 0.29) is 0 Å². The number of nitrogens with zero attached hydrogens (tertiary/aromatic N) is 1. The lowest BCUT2D eigenvalue weighted by atomic mass is 10.4. The van der Waals surface area contributed by atoms with E-state index in [4.69, 9.17) is 6.42 Å². The Morgan fingerprint density at radius 3 is 2.87 bits per heavy atom. The molecule has 0 unspecified atom stereocenters. The van der Waals surface area contributed by atoms with Crippen LogP contribution < -0.4 is 5.32 Å². The van der Waals surface area contributed by atoms with E-state index in [1.807, 2.05) is 0 Å². The second-order valence-corrected chi connectivity index (χ2v) is 6.03. The monoisotopic (exact) mass is 230 g/mol. The Morgan fingerprint density at radius 1 is 1.33 bits per heavy atom. The molecule has 0 aromatic heterocycles. The highest BCUT2D eigenvalue weighted by molar-refractivity contribution is 7.91. The van der Waals surface area contributed by atoms with Gasteiger partial charge in [-0.2, -0.15) is 0 Å². The van der Waals surface area contributed by atoms with Gasteiger partial charge in [-0.05, 0) is 13.0 Å². The molecule has 0 atom stereocenters. The fourth-order valence-electron chi connectivity index (χ4n) is 1.61. The smallest absolute Gasteiger partial charge is 0.151 e. The van der Waals surface area contributed by atoms with Gasteiger partial charge in [0.15, 0.2) is 9.84 Å². The Bertz CT molecular complexity index is 319. The van der Waals surface area contributed by atoms with Crippen LogP contribution in [0.4, 0.5) is 0 Å². The van der Waals surface area contributed by atoms with E-state index in [0.717, 1.165) is 26.1 Å². The third-order valence-electron chi connectivity index (χ3n) is 2.48. The van der Waals surface area contributed by atoms with Crippen LogP contribution in [-0.2, 0) is 9.84 Å². The normalized spacial score (nSPS) is 21.8. The lowest BCUT2D eigenvalue weighted by Crippen LogP contribution is -2.34. The highest BCUT2D eigenvalue weighted by Crippen LogP contribution is 2.03. The summed E-state index contributed by atoms with van der Waals surface area (Å²) in [5, 5.41) is 3.10. The van der Waals surface area contributed by atoms with E-state index in [0.29, 0.717) is 24.6 Å². The average Bonchev–Trinajstić information content (AvgIpc) is 2.35. The van der Waals surface area contributed by atoms with Crippen molar-refractivity contribution in [2.75, 3.05) is 44.2 Å². The zero-order chi connectivity index (χ0) is 11.1. The average molecular weight is 230 g/mol. The molecule has 1 rings (SSSR count). The molecule has 0 bridgehead atoms. The van der Waals surface area contributed by atoms with Gasteiger partial charge in [0.1, 0.15) is 0 Å². The summed E-state index contributed by atoms with van der Waals surface area (Å²) in [6, 6.07) is 0. The van der Waals surface area contributed by atoms with Crippen molar-refractivity contribution >= 4 is 9.84 Å². The number of hydrogen-bond donors (Lipinski definition) is 1. The van der Waals surface area contributed by atoms with Crippen molar-refractivity contribution in [3.63, 3.8) is 0 Å². The Morgan fingerprint density at radius 2 is 2.13 bits per heavy atom. The van der Waals surface area contributed by atoms with E-state index in [2.05, 4.69) is 16.1 Å². The van der Waals surface area contributed by atoms with E-state index in [1.165, 1.54) is 0 Å². The SMILES string of the molecule is C#CCNCCN1CCCS(=O)(=O)CC1. The van der Waals surface area contributed by atoms with Crippen LogP contribution in [0.5, 0.6) is 0 Å². The lowest BCUT2D eigenvalue weighted by Gasteiger charge is -2.18. The Labute approximate surface area is 92.0 Å². The van der Waals surface area contributed by atoms with Crippen molar-refractivity contribution in [1.82, 2.24) is 10.2 Å². The summed E-state index contributed by atoms with van der Waals surface area (Å²) in [6.07, 6.45) is 5.85. The van der Waals surface area contributed by atoms with Crippen LogP contribution >= 0.6 is 0 Å². The first-order valence-corrected chi connectivity index (χ1v) is 7.03. The van der Waals surface area contributed by atoms with Gasteiger partial charge in [0.05, 0.1) is 18.1 Å². The quantitative estimate of drug-likeness (QED) is 0.514. The number of terminal acetylenes is 1. The minimum atomic E-state index is -2.78. The van der Waals surface area contributed by atoms with Gasteiger partial charge >= 0.3 is 0 Å². The molecule has 86 valence electrons. The third kappa shape index (κ3) is 5.17. The molecule has 1 fully saturated rings. The molecule has 0 aromatic carbocycles. The molecule has 0 amide bonds. The van der Waals surface area contributed by atoms with Gasteiger partial charge in [0.25, 0.3) is 0 Å². The highest BCUT2D eigenvalue weighted by Gasteiger charge is 2.18. The van der Waals surface area contributed by atoms with Gasteiger partial charge < -0.3 is 10.2 Å². The Kier molecular flexibility index (Phi) is 5.09. The summed E-state index contributed by atoms with van der Waals surface area (Å²) in [6.45, 7) is 3.80. The second-order valence-electron chi connectivity index (χ2n) is 3.73. The summed E-state index contributed by atoms with van der Waals surface area (Å²) in [5.41, 5.74) is 0. The van der Waals surface area contributed by atoms with Gasteiger partial charge in [0, 0.05) is 19.6 Å². The zero-order valence-corrected chi connectivity index (χ0v) is 9.72. The van der Waals surface area contributed by atoms with Crippen molar-refractivity contribution in [1.29, 1.82) is 0 Å². The van der Waals surface area contributed by atoms with Gasteiger partial charge in [-0.15, -0.1) is 6.42 Å². The third-order valence-corrected chi connectivity index (χ3v) is 4.20. The summed E-state index contributed by atoms with van der Waals surface area (Å²) < 4.78 is 22.6. The maximum Gasteiger partial charge on any atom is 0.151 e. The summed E-state index contributed by atoms with van der Waals surface area (Å²) in [7, 11) is -2.78. The van der Waals surface area contributed by atoms with E-state index >= 15 is 0 Å². The van der Waals surface area contributed by atoms with Crippen LogP contribution in [0.1, 0.15) is 6.42 Å². The maximum atomic E-state index is 11.3. The van der Waals surface area contributed by atoms with Crippen molar-refractivity contribution < 1.29 is 8.42 Å². The molecule has 0 radical (unpaired) electrons. The Balaban J connectivity index is 2.23. The fourth-order valence-corrected chi connectivity index (χ4v) is 2.92. The van der Waals surface area contributed by atoms with Gasteiger partial charge in [0.2, 0.25) is 0 Å². The number of nitrogens with one attached hydrogen (secondary N) is 1. The molecule has 4 nitrogen and oxygen atoms in total. The largest absolute Gasteiger partial charge is 0.305 e. The molecule has 0 spiro atoms. The molecular formula is C10H18N2O2S. The van der Waals surface area contributed by atoms with Gasteiger partial charge in [-0.3, -0.25) is 0 Å². The van der Waals surface area contributed by atoms with Crippen LogP contribution in [-0.4, -0.2) is 57.5 Å². The molecule has 5 heteroatoms. The van der Waals surface area contributed by atoms with Crippen molar-refractivity contribution in [3.8, 4) is 12.3 Å². The first-order chi connectivity index (χ1) is 7.14. The van der Waals surface area contributed by atoms with Crippen molar-refractivity contribution in [2.45, 2.75) is 6.42 Å². The van der Waals surface area contributed by atoms with Crippen LogP contribution in [0.3, 0.4) is 0 Å². The van der Waals surface area contributed by atoms with Crippen molar-refractivity contribution in [2.24, 2.45) is 0 Å². The molecule has 1 aliphatic heterocycles. The molecule has 0 saturated carbocycles. The molecule has 1 saturated heterocycles. The van der Waals surface area contributed by atoms with Crippen LogP contribution in [0.2, 0.25) is 0 Å². The van der Waals surface area contributed by atoms with Crippen LogP contribution in [0.25, 0.3) is 0 Å². The second kappa shape index (κ2) is 6.11. The standard InChI is InChI=1S/C10H18N2O2S/c1-2-4-11-5-7-12-6-3-9-15(13,14)10-8-12/h1,11H,3-10H2. The molecule has 1 aliphatic rings. The van der Waals surface area contributed by atoms with Crippen LogP contribution in [0.15, 0.2) is 0 Å². The first-order valence-electron chi connectivity index (χ1n) is 5.21. The van der Waals surface area contributed by atoms with Gasteiger partial charge in [-0.25, -0.2) is 8.42 Å². The number of rotatable bonds is 4. The minimum Gasteiger partial charge on any atom is -0.305 e. The molecule has 0 aliphatic carbocycles. The van der Waals surface area contributed by atoms with Crippen molar-refractivity contribution in [3.05, 3.63) is 0 Å². The van der Waals surface area contributed by atoms with Crippen LogP contribution in [0, 0.1) is 12.3 Å². The molecular weight excluding hydrogens is 212 g/mol. The summed E-state index contributed by atoms with van der Waals surface area (Å²) >= 11 is 0. The maximum absolute atomic E-state index is 11.3. The topological polar surface area (TPSA) is 49.4 Å². The van der Waals surface area contributed by atoms with E-state index in [9.17, 15) is 8.42 Å². The summed E-state index contributed by atoms with van der Waals surface area (Å²) in [5.74, 6) is 3.13.